The first-order valence-electron chi connectivity index (χ1n) is 7.28. The van der Waals surface area contributed by atoms with Crippen LogP contribution in [0.4, 0.5) is 0 Å². The van der Waals surface area contributed by atoms with Gasteiger partial charge in [-0.3, -0.25) is 9.59 Å². The summed E-state index contributed by atoms with van der Waals surface area (Å²) in [5, 5.41) is 6.13. The van der Waals surface area contributed by atoms with Crippen LogP contribution in [0.1, 0.15) is 39.5 Å². The Morgan fingerprint density at radius 1 is 1.37 bits per heavy atom. The molecule has 19 heavy (non-hydrogen) atoms. The van der Waals surface area contributed by atoms with E-state index in [1.807, 2.05) is 6.92 Å². The van der Waals surface area contributed by atoms with E-state index in [0.717, 1.165) is 38.8 Å². The molecule has 1 rings (SSSR count). The van der Waals surface area contributed by atoms with E-state index in [9.17, 15) is 9.59 Å². The number of amides is 2. The molecular formula is C14H27N3O2. The highest BCUT2D eigenvalue weighted by atomic mass is 16.2. The first-order valence-corrected chi connectivity index (χ1v) is 7.28. The van der Waals surface area contributed by atoms with Crippen molar-refractivity contribution < 1.29 is 9.59 Å². The Kier molecular flexibility index (Phi) is 6.28. The molecule has 0 saturated carbocycles. The van der Waals surface area contributed by atoms with Gasteiger partial charge in [-0.2, -0.15) is 0 Å². The molecule has 0 aromatic carbocycles. The maximum absolute atomic E-state index is 12.4. The lowest BCUT2D eigenvalue weighted by Gasteiger charge is -2.36. The standard InChI is InChI=1S/C14H27N3O2/c1-4-7-14(8-6-9-15-11-14)13(19)16-10-12(18)17(3)5-2/h15H,4-11H2,1-3H3,(H,16,19). The molecule has 1 aliphatic rings. The summed E-state index contributed by atoms with van der Waals surface area (Å²) in [4.78, 5) is 25.7. The molecule has 1 aliphatic heterocycles. The molecule has 2 N–H and O–H groups in total. The fourth-order valence-electron chi connectivity index (χ4n) is 2.62. The van der Waals surface area contributed by atoms with Gasteiger partial charge in [0.1, 0.15) is 0 Å². The summed E-state index contributed by atoms with van der Waals surface area (Å²) in [6.45, 7) is 6.49. The van der Waals surface area contributed by atoms with Gasteiger partial charge in [0.25, 0.3) is 0 Å². The van der Waals surface area contributed by atoms with Crippen LogP contribution < -0.4 is 10.6 Å². The van der Waals surface area contributed by atoms with Crippen molar-refractivity contribution in [3.8, 4) is 0 Å². The molecule has 1 heterocycles. The zero-order valence-corrected chi connectivity index (χ0v) is 12.4. The number of carbonyl (C=O) groups excluding carboxylic acids is 2. The Bertz CT molecular complexity index is 306. The van der Waals surface area contributed by atoms with E-state index in [1.165, 1.54) is 0 Å². The third kappa shape index (κ3) is 4.20. The van der Waals surface area contributed by atoms with Crippen LogP contribution in [-0.2, 0) is 9.59 Å². The Hall–Kier alpha value is -1.10. The van der Waals surface area contributed by atoms with E-state index in [2.05, 4.69) is 17.6 Å². The molecule has 0 aromatic rings. The van der Waals surface area contributed by atoms with Crippen molar-refractivity contribution in [3.63, 3.8) is 0 Å². The highest BCUT2D eigenvalue weighted by Crippen LogP contribution is 2.31. The van der Waals surface area contributed by atoms with Crippen LogP contribution in [0.25, 0.3) is 0 Å². The summed E-state index contributed by atoms with van der Waals surface area (Å²) in [5.41, 5.74) is -0.321. The third-order valence-electron chi connectivity index (χ3n) is 3.98. The third-order valence-corrected chi connectivity index (χ3v) is 3.98. The molecule has 110 valence electrons. The Labute approximate surface area is 116 Å². The summed E-state index contributed by atoms with van der Waals surface area (Å²) >= 11 is 0. The molecule has 0 spiro atoms. The first kappa shape index (κ1) is 16.0. The highest BCUT2D eigenvalue weighted by molar-refractivity contribution is 5.88. The predicted molar refractivity (Wildman–Crippen MR) is 75.8 cm³/mol. The quantitative estimate of drug-likeness (QED) is 0.748. The number of nitrogens with zero attached hydrogens (tertiary/aromatic N) is 1. The number of likely N-dealkylation sites (N-methyl/N-ethyl adjacent to an activating group) is 1. The van der Waals surface area contributed by atoms with E-state index in [4.69, 9.17) is 0 Å². The zero-order valence-electron chi connectivity index (χ0n) is 12.4. The summed E-state index contributed by atoms with van der Waals surface area (Å²) in [5.74, 6) is -0.00864. The second kappa shape index (κ2) is 7.48. The van der Waals surface area contributed by atoms with Crippen LogP contribution in [0, 0.1) is 5.41 Å². The Balaban J connectivity index is 2.55. The van der Waals surface area contributed by atoms with Crippen molar-refractivity contribution >= 4 is 11.8 Å². The lowest BCUT2D eigenvalue weighted by molar-refractivity contribution is -0.136. The molecule has 1 saturated heterocycles. The highest BCUT2D eigenvalue weighted by Gasteiger charge is 2.38. The predicted octanol–water partition coefficient (Wildman–Crippen LogP) is 0.751. The van der Waals surface area contributed by atoms with Gasteiger partial charge >= 0.3 is 0 Å². The smallest absolute Gasteiger partial charge is 0.241 e. The fourth-order valence-corrected chi connectivity index (χ4v) is 2.62. The van der Waals surface area contributed by atoms with E-state index < -0.39 is 0 Å². The van der Waals surface area contributed by atoms with Gasteiger partial charge in [0.15, 0.2) is 0 Å². The van der Waals surface area contributed by atoms with Crippen LogP contribution in [0.5, 0.6) is 0 Å². The van der Waals surface area contributed by atoms with Crippen molar-refractivity contribution in [3.05, 3.63) is 0 Å². The van der Waals surface area contributed by atoms with Crippen LogP contribution in [0.2, 0.25) is 0 Å². The maximum Gasteiger partial charge on any atom is 0.241 e. The van der Waals surface area contributed by atoms with E-state index >= 15 is 0 Å². The van der Waals surface area contributed by atoms with Crippen LogP contribution >= 0.6 is 0 Å². The maximum atomic E-state index is 12.4. The van der Waals surface area contributed by atoms with Crippen LogP contribution in [0.3, 0.4) is 0 Å². The zero-order chi connectivity index (χ0) is 14.3. The average molecular weight is 269 g/mol. The largest absolute Gasteiger partial charge is 0.347 e. The first-order chi connectivity index (χ1) is 9.05. The molecule has 1 unspecified atom stereocenters. The van der Waals surface area contributed by atoms with Gasteiger partial charge < -0.3 is 15.5 Å². The van der Waals surface area contributed by atoms with Crippen molar-refractivity contribution in [2.75, 3.05) is 33.2 Å². The molecule has 0 aromatic heterocycles. The second-order valence-electron chi connectivity index (χ2n) is 5.40. The van der Waals surface area contributed by atoms with Gasteiger partial charge in [0.05, 0.1) is 12.0 Å². The van der Waals surface area contributed by atoms with Crippen molar-refractivity contribution in [1.29, 1.82) is 0 Å². The molecule has 2 amide bonds. The van der Waals surface area contributed by atoms with Crippen molar-refractivity contribution in [2.24, 2.45) is 5.41 Å². The van der Waals surface area contributed by atoms with Gasteiger partial charge in [-0.05, 0) is 32.7 Å². The fraction of sp³-hybridized carbons (Fsp3) is 0.857. The number of hydrogen-bond donors (Lipinski definition) is 2. The molecular weight excluding hydrogens is 242 g/mol. The minimum absolute atomic E-state index is 0.0272. The lowest BCUT2D eigenvalue weighted by Crippen LogP contribution is -2.52. The number of carbonyl (C=O) groups is 2. The minimum atomic E-state index is -0.321. The summed E-state index contributed by atoms with van der Waals surface area (Å²) in [6.07, 6.45) is 3.80. The van der Waals surface area contributed by atoms with Gasteiger partial charge in [-0.15, -0.1) is 0 Å². The van der Waals surface area contributed by atoms with Crippen molar-refractivity contribution in [2.45, 2.75) is 39.5 Å². The van der Waals surface area contributed by atoms with Gasteiger partial charge in [-0.25, -0.2) is 0 Å². The van der Waals surface area contributed by atoms with Crippen LogP contribution in [0.15, 0.2) is 0 Å². The average Bonchev–Trinajstić information content (AvgIpc) is 2.44. The summed E-state index contributed by atoms with van der Waals surface area (Å²) in [7, 11) is 1.75. The van der Waals surface area contributed by atoms with Gasteiger partial charge in [0, 0.05) is 20.1 Å². The van der Waals surface area contributed by atoms with E-state index in [-0.39, 0.29) is 23.8 Å². The van der Waals surface area contributed by atoms with Gasteiger partial charge in [0.2, 0.25) is 11.8 Å². The van der Waals surface area contributed by atoms with Crippen LogP contribution in [-0.4, -0.2) is 49.9 Å². The normalized spacial score (nSPS) is 22.9. The molecule has 5 heteroatoms. The summed E-state index contributed by atoms with van der Waals surface area (Å²) in [6, 6.07) is 0. The molecule has 0 bridgehead atoms. The molecule has 1 atom stereocenters. The van der Waals surface area contributed by atoms with E-state index in [0.29, 0.717) is 6.54 Å². The molecule has 0 aliphatic carbocycles. The van der Waals surface area contributed by atoms with Gasteiger partial charge in [-0.1, -0.05) is 13.3 Å². The topological polar surface area (TPSA) is 61.4 Å². The number of rotatable bonds is 6. The van der Waals surface area contributed by atoms with E-state index in [1.54, 1.807) is 11.9 Å². The monoisotopic (exact) mass is 269 g/mol. The number of nitrogens with one attached hydrogen (secondary N) is 2. The Morgan fingerprint density at radius 3 is 2.63 bits per heavy atom. The summed E-state index contributed by atoms with van der Waals surface area (Å²) < 4.78 is 0. The van der Waals surface area contributed by atoms with Crippen molar-refractivity contribution in [1.82, 2.24) is 15.5 Å². The SMILES string of the molecule is CCCC1(C(=O)NCC(=O)N(C)CC)CCCNC1. The molecule has 1 fully saturated rings. The number of hydrogen-bond acceptors (Lipinski definition) is 3. The minimum Gasteiger partial charge on any atom is -0.347 e. The molecule has 0 radical (unpaired) electrons. The lowest BCUT2D eigenvalue weighted by atomic mass is 9.76. The molecule has 5 nitrogen and oxygen atoms in total. The second-order valence-corrected chi connectivity index (χ2v) is 5.40. The number of piperidine rings is 1. The Morgan fingerprint density at radius 2 is 2.11 bits per heavy atom.